The summed E-state index contributed by atoms with van der Waals surface area (Å²) in [4.78, 5) is 0. The molecule has 0 spiro atoms. The number of rotatable bonds is 1. The van der Waals surface area contributed by atoms with E-state index in [0.29, 0.717) is 0 Å². The van der Waals surface area contributed by atoms with Crippen LogP contribution >= 0.6 is 0 Å². The van der Waals surface area contributed by atoms with E-state index in [1.807, 2.05) is 0 Å². The van der Waals surface area contributed by atoms with Crippen LogP contribution in [0.2, 0.25) is 0 Å². The van der Waals surface area contributed by atoms with Crippen LogP contribution in [0.15, 0.2) is 11.6 Å². The summed E-state index contributed by atoms with van der Waals surface area (Å²) in [6, 6.07) is 0. The Labute approximate surface area is 32.6 Å². The molecule has 0 aliphatic heterocycles. The van der Waals surface area contributed by atoms with Crippen molar-refractivity contribution in [3.8, 4) is 0 Å². The first-order valence-electron chi connectivity index (χ1n) is 1.67. The van der Waals surface area contributed by atoms with Gasteiger partial charge in [0.05, 0.1) is 0 Å². The molecular weight excluding hydrogens is 58.9 g/mol. The maximum atomic E-state index is 5.04. The fourth-order valence-corrected chi connectivity index (χ4v) is 0.195. The van der Waals surface area contributed by atoms with Crippen molar-refractivity contribution in [3.05, 3.63) is 11.6 Å². The standard InChI is InChI=1S/C4H4B/c5-3-4-1-2-4/h1,3H,2H2. The molecule has 1 aliphatic rings. The summed E-state index contributed by atoms with van der Waals surface area (Å²) < 4.78 is 0. The molecule has 0 amide bonds. The fourth-order valence-electron chi connectivity index (χ4n) is 0.195. The van der Waals surface area contributed by atoms with Gasteiger partial charge in [-0.05, 0) is 0 Å². The molecule has 23 valence electrons. The van der Waals surface area contributed by atoms with Crippen molar-refractivity contribution in [1.29, 1.82) is 0 Å². The number of hydrogen-bond donors (Lipinski definition) is 0. The second-order valence-electron chi connectivity index (χ2n) is 1.15. The Morgan fingerprint density at radius 2 is 2.60 bits per heavy atom. The quantitative estimate of drug-likeness (QED) is 0.383. The van der Waals surface area contributed by atoms with Crippen LogP contribution in [0.4, 0.5) is 0 Å². The Balaban J connectivity index is 2.49. The minimum absolute atomic E-state index is 1.12. The summed E-state index contributed by atoms with van der Waals surface area (Å²) in [5.74, 6) is 1.64. The molecule has 1 radical (unpaired) electrons. The van der Waals surface area contributed by atoms with Crippen molar-refractivity contribution in [2.45, 2.75) is 6.42 Å². The van der Waals surface area contributed by atoms with Gasteiger partial charge in [-0.3, -0.25) is 0 Å². The maximum absolute atomic E-state index is 5.04. The molecule has 0 aromatic heterocycles. The molecule has 5 heavy (non-hydrogen) atoms. The van der Waals surface area contributed by atoms with Crippen LogP contribution in [-0.4, -0.2) is 13.5 Å². The summed E-state index contributed by atoms with van der Waals surface area (Å²) in [5.41, 5.74) is 1.28. The molecule has 0 fully saturated rings. The molecule has 0 nitrogen and oxygen atoms in total. The van der Waals surface area contributed by atoms with Crippen molar-refractivity contribution in [2.75, 3.05) is 0 Å². The van der Waals surface area contributed by atoms with Gasteiger partial charge in [0.2, 0.25) is 0 Å². The predicted molar refractivity (Wildman–Crippen MR) is 24.5 cm³/mol. The van der Waals surface area contributed by atoms with Crippen molar-refractivity contribution in [3.63, 3.8) is 0 Å². The van der Waals surface area contributed by atoms with Gasteiger partial charge in [0, 0.05) is 0 Å². The minimum atomic E-state index is 1.12. The topological polar surface area (TPSA) is 0 Å². The van der Waals surface area contributed by atoms with Crippen LogP contribution in [-0.2, 0) is 0 Å². The average molecular weight is 62.9 g/mol. The third kappa shape index (κ3) is 0.472. The number of allylic oxidation sites excluding steroid dienone is 2. The molecule has 0 heterocycles. The zero-order valence-corrected chi connectivity index (χ0v) is 2.94. The van der Waals surface area contributed by atoms with Crippen LogP contribution in [0.25, 0.3) is 0 Å². The zero-order chi connectivity index (χ0) is 3.70. The Kier molecular flexibility index (Phi) is 0.472. The fraction of sp³-hybridized carbons (Fsp3) is 0.250. The molecule has 1 heteroatoms. The van der Waals surface area contributed by atoms with E-state index in [1.165, 1.54) is 5.57 Å². The molecular formula is C4H4B. The molecule has 0 saturated heterocycles. The van der Waals surface area contributed by atoms with Crippen molar-refractivity contribution >= 4 is 13.5 Å². The van der Waals surface area contributed by atoms with Crippen molar-refractivity contribution < 1.29 is 0 Å². The molecule has 0 aromatic carbocycles. The van der Waals surface area contributed by atoms with Crippen LogP contribution < -0.4 is 0 Å². The Morgan fingerprint density at radius 1 is 2.00 bits per heavy atom. The van der Waals surface area contributed by atoms with Crippen LogP contribution in [0.5, 0.6) is 0 Å². The zero-order valence-electron chi connectivity index (χ0n) is 2.94. The monoisotopic (exact) mass is 63.0 g/mol. The molecule has 0 atom stereocenters. The van der Waals surface area contributed by atoms with Gasteiger partial charge in [-0.2, -0.15) is 0 Å². The van der Waals surface area contributed by atoms with Gasteiger partial charge in [0.1, 0.15) is 0 Å². The summed E-state index contributed by atoms with van der Waals surface area (Å²) in [5, 5.41) is 0. The second-order valence-corrected chi connectivity index (χ2v) is 1.15. The van der Waals surface area contributed by atoms with Crippen molar-refractivity contribution in [1.82, 2.24) is 0 Å². The normalized spacial score (nSPS) is 17.0. The van der Waals surface area contributed by atoms with E-state index in [-0.39, 0.29) is 0 Å². The molecule has 1 aliphatic carbocycles. The van der Waals surface area contributed by atoms with E-state index in [1.54, 1.807) is 5.97 Å². The summed E-state index contributed by atoms with van der Waals surface area (Å²) in [6.07, 6.45) is 3.20. The van der Waals surface area contributed by atoms with E-state index in [0.717, 1.165) is 6.42 Å². The third-order valence-corrected chi connectivity index (χ3v) is 0.654. The van der Waals surface area contributed by atoms with E-state index >= 15 is 0 Å². The van der Waals surface area contributed by atoms with Crippen LogP contribution in [0.3, 0.4) is 0 Å². The van der Waals surface area contributed by atoms with Crippen LogP contribution in [0, 0.1) is 0 Å². The second kappa shape index (κ2) is 0.816. The van der Waals surface area contributed by atoms with Crippen molar-refractivity contribution in [2.24, 2.45) is 0 Å². The van der Waals surface area contributed by atoms with Gasteiger partial charge in [0.15, 0.2) is 0 Å². The van der Waals surface area contributed by atoms with Gasteiger partial charge >= 0.3 is 31.5 Å². The molecule has 0 N–H and O–H groups in total. The van der Waals surface area contributed by atoms with Gasteiger partial charge < -0.3 is 0 Å². The predicted octanol–water partition coefficient (Wildman–Crippen LogP) is 0.287. The third-order valence-electron chi connectivity index (χ3n) is 0.654. The van der Waals surface area contributed by atoms with E-state index in [4.69, 9.17) is 7.49 Å². The molecule has 1 rings (SSSR count). The van der Waals surface area contributed by atoms with Gasteiger partial charge in [0.25, 0.3) is 0 Å². The van der Waals surface area contributed by atoms with E-state index in [9.17, 15) is 0 Å². The van der Waals surface area contributed by atoms with E-state index < -0.39 is 0 Å². The molecule has 0 unspecified atom stereocenters. The molecule has 0 bridgehead atoms. The van der Waals surface area contributed by atoms with Gasteiger partial charge in [-0.25, -0.2) is 0 Å². The first kappa shape index (κ1) is 2.89. The summed E-state index contributed by atoms with van der Waals surface area (Å²) in [7, 11) is 5.04. The first-order chi connectivity index (χ1) is 2.43. The Morgan fingerprint density at radius 3 is 2.60 bits per heavy atom. The van der Waals surface area contributed by atoms with Gasteiger partial charge in [-0.1, -0.05) is 0 Å². The molecule has 0 aromatic rings. The molecule has 0 saturated carbocycles. The van der Waals surface area contributed by atoms with E-state index in [2.05, 4.69) is 6.08 Å². The summed E-state index contributed by atoms with van der Waals surface area (Å²) >= 11 is 0. The summed E-state index contributed by atoms with van der Waals surface area (Å²) in [6.45, 7) is 0. The van der Waals surface area contributed by atoms with Crippen LogP contribution in [0.1, 0.15) is 6.42 Å². The average Bonchev–Trinajstić information content (AvgIpc) is 2.12. The SMILES string of the molecule is [B]=CC1=CC1. The van der Waals surface area contributed by atoms with Gasteiger partial charge in [-0.15, -0.1) is 0 Å². The first-order valence-corrected chi connectivity index (χ1v) is 1.67. The Bertz CT molecular complexity index is 78.9. The Hall–Kier alpha value is -0.325. The number of hydrogen-bond acceptors (Lipinski definition) is 0.